The van der Waals surface area contributed by atoms with Crippen molar-refractivity contribution < 1.29 is 4.79 Å². The van der Waals surface area contributed by atoms with Crippen LogP contribution in [0.3, 0.4) is 0 Å². The predicted octanol–water partition coefficient (Wildman–Crippen LogP) is 3.59. The largest absolute Gasteiger partial charge is 0.397 e. The summed E-state index contributed by atoms with van der Waals surface area (Å²) in [6.45, 7) is 2.83. The zero-order valence-corrected chi connectivity index (χ0v) is 11.8. The van der Waals surface area contributed by atoms with Crippen LogP contribution in [0, 0.1) is 0 Å². The number of amides is 1. The number of nitrogens with two attached hydrogens (primary N) is 1. The monoisotopic (exact) mass is 286 g/mol. The highest BCUT2D eigenvalue weighted by Crippen LogP contribution is 2.32. The van der Waals surface area contributed by atoms with E-state index in [1.54, 1.807) is 12.1 Å². The van der Waals surface area contributed by atoms with Gasteiger partial charge in [0.1, 0.15) is 0 Å². The molecular weight excluding hydrogens is 271 g/mol. The van der Waals surface area contributed by atoms with Crippen molar-refractivity contribution in [2.75, 3.05) is 12.3 Å². The highest BCUT2D eigenvalue weighted by molar-refractivity contribution is 6.43. The van der Waals surface area contributed by atoms with E-state index in [1.807, 2.05) is 4.90 Å². The van der Waals surface area contributed by atoms with E-state index in [4.69, 9.17) is 28.9 Å². The van der Waals surface area contributed by atoms with E-state index >= 15 is 0 Å². The predicted molar refractivity (Wildman–Crippen MR) is 75.2 cm³/mol. The fourth-order valence-electron chi connectivity index (χ4n) is 1.98. The standard InChI is InChI=1S/C13H16Cl2N2O/c1-2-5-17(9-3-4-9)13(18)8-6-10(14)12(15)11(16)7-8/h6-7,9H,2-5,16H2,1H3. The molecule has 5 heteroatoms. The summed E-state index contributed by atoms with van der Waals surface area (Å²) in [5.74, 6) is -0.00961. The highest BCUT2D eigenvalue weighted by atomic mass is 35.5. The summed E-state index contributed by atoms with van der Waals surface area (Å²) in [5, 5.41) is 0.633. The van der Waals surface area contributed by atoms with Gasteiger partial charge in [0.15, 0.2) is 0 Å². The van der Waals surface area contributed by atoms with E-state index in [0.717, 1.165) is 25.8 Å². The zero-order chi connectivity index (χ0) is 13.3. The van der Waals surface area contributed by atoms with Crippen molar-refractivity contribution in [2.24, 2.45) is 0 Å². The molecule has 0 bridgehead atoms. The first-order valence-electron chi connectivity index (χ1n) is 6.10. The molecule has 0 unspecified atom stereocenters. The smallest absolute Gasteiger partial charge is 0.254 e. The number of carbonyl (C=O) groups excluding carboxylic acids is 1. The third kappa shape index (κ3) is 2.73. The average molecular weight is 287 g/mol. The summed E-state index contributed by atoms with van der Waals surface area (Å²) in [6, 6.07) is 3.57. The maximum absolute atomic E-state index is 12.4. The molecule has 0 heterocycles. The minimum absolute atomic E-state index is 0.00961. The minimum atomic E-state index is -0.00961. The maximum atomic E-state index is 12.4. The molecule has 98 valence electrons. The molecule has 0 atom stereocenters. The molecule has 3 nitrogen and oxygen atoms in total. The molecule has 0 saturated heterocycles. The highest BCUT2D eigenvalue weighted by Gasteiger charge is 2.32. The number of carbonyl (C=O) groups is 1. The molecular formula is C13H16Cl2N2O. The van der Waals surface area contributed by atoms with E-state index < -0.39 is 0 Å². The summed E-state index contributed by atoms with van der Waals surface area (Å²) >= 11 is 11.8. The first kappa shape index (κ1) is 13.5. The quantitative estimate of drug-likeness (QED) is 0.860. The number of nitrogen functional groups attached to an aromatic ring is 1. The maximum Gasteiger partial charge on any atom is 0.254 e. The Kier molecular flexibility index (Phi) is 4.03. The molecule has 1 fully saturated rings. The molecule has 0 aliphatic heterocycles. The first-order valence-corrected chi connectivity index (χ1v) is 6.85. The number of hydrogen-bond donors (Lipinski definition) is 1. The number of halogens is 2. The van der Waals surface area contributed by atoms with Crippen molar-refractivity contribution in [1.29, 1.82) is 0 Å². The lowest BCUT2D eigenvalue weighted by Gasteiger charge is -2.22. The van der Waals surface area contributed by atoms with Crippen LogP contribution in [0.15, 0.2) is 12.1 Å². The van der Waals surface area contributed by atoms with Crippen LogP contribution in [0.5, 0.6) is 0 Å². The number of hydrogen-bond acceptors (Lipinski definition) is 2. The van der Waals surface area contributed by atoms with Gasteiger partial charge in [0.2, 0.25) is 0 Å². The second kappa shape index (κ2) is 5.37. The Morgan fingerprint density at radius 3 is 2.61 bits per heavy atom. The molecule has 1 aliphatic carbocycles. The summed E-state index contributed by atoms with van der Waals surface area (Å²) in [6.07, 6.45) is 3.12. The fraction of sp³-hybridized carbons (Fsp3) is 0.462. The second-order valence-corrected chi connectivity index (χ2v) is 5.38. The van der Waals surface area contributed by atoms with Crippen LogP contribution >= 0.6 is 23.2 Å². The van der Waals surface area contributed by atoms with Crippen molar-refractivity contribution in [1.82, 2.24) is 4.90 Å². The van der Waals surface area contributed by atoms with Gasteiger partial charge in [-0.25, -0.2) is 0 Å². The van der Waals surface area contributed by atoms with Gasteiger partial charge in [-0.3, -0.25) is 4.79 Å². The lowest BCUT2D eigenvalue weighted by molar-refractivity contribution is 0.0743. The van der Waals surface area contributed by atoms with Gasteiger partial charge in [-0.2, -0.15) is 0 Å². The average Bonchev–Trinajstić information content (AvgIpc) is 3.15. The van der Waals surface area contributed by atoms with Crippen LogP contribution in [0.25, 0.3) is 0 Å². The first-order chi connectivity index (χ1) is 8.54. The van der Waals surface area contributed by atoms with Gasteiger partial charge in [0, 0.05) is 18.2 Å². The Morgan fingerprint density at radius 1 is 1.44 bits per heavy atom. The Balaban J connectivity index is 2.26. The third-order valence-corrected chi connectivity index (χ3v) is 3.83. The molecule has 1 amide bonds. The van der Waals surface area contributed by atoms with E-state index in [0.29, 0.717) is 27.3 Å². The van der Waals surface area contributed by atoms with Gasteiger partial charge < -0.3 is 10.6 Å². The molecule has 1 aromatic carbocycles. The number of anilines is 1. The molecule has 18 heavy (non-hydrogen) atoms. The normalized spacial score (nSPS) is 14.6. The van der Waals surface area contributed by atoms with E-state index in [-0.39, 0.29) is 5.91 Å². The second-order valence-electron chi connectivity index (χ2n) is 4.59. The molecule has 1 saturated carbocycles. The molecule has 2 N–H and O–H groups in total. The zero-order valence-electron chi connectivity index (χ0n) is 10.2. The molecule has 0 aromatic heterocycles. The van der Waals surface area contributed by atoms with Crippen LogP contribution in [-0.2, 0) is 0 Å². The van der Waals surface area contributed by atoms with E-state index in [9.17, 15) is 4.79 Å². The van der Waals surface area contributed by atoms with E-state index in [1.165, 1.54) is 0 Å². The lowest BCUT2D eigenvalue weighted by atomic mass is 10.1. The van der Waals surface area contributed by atoms with Crippen molar-refractivity contribution in [3.63, 3.8) is 0 Å². The summed E-state index contributed by atoms with van der Waals surface area (Å²) in [5.41, 5.74) is 6.60. The minimum Gasteiger partial charge on any atom is -0.397 e. The van der Waals surface area contributed by atoms with Gasteiger partial charge in [-0.05, 0) is 31.4 Å². The molecule has 0 radical (unpaired) electrons. The van der Waals surface area contributed by atoms with Crippen LogP contribution < -0.4 is 5.73 Å². The van der Waals surface area contributed by atoms with Crippen molar-refractivity contribution in [3.8, 4) is 0 Å². The van der Waals surface area contributed by atoms with Crippen molar-refractivity contribution in [3.05, 3.63) is 27.7 Å². The lowest BCUT2D eigenvalue weighted by Crippen LogP contribution is -2.33. The Bertz CT molecular complexity index is 449. The number of nitrogens with zero attached hydrogens (tertiary/aromatic N) is 1. The number of benzene rings is 1. The summed E-state index contributed by atoms with van der Waals surface area (Å²) < 4.78 is 0. The van der Waals surface area contributed by atoms with Gasteiger partial charge in [-0.15, -0.1) is 0 Å². The summed E-state index contributed by atoms with van der Waals surface area (Å²) in [4.78, 5) is 14.3. The number of rotatable bonds is 4. The Labute approximate surface area is 117 Å². The van der Waals surface area contributed by atoms with Gasteiger partial charge in [0.25, 0.3) is 5.91 Å². The van der Waals surface area contributed by atoms with Crippen molar-refractivity contribution in [2.45, 2.75) is 32.2 Å². The topological polar surface area (TPSA) is 46.3 Å². The third-order valence-electron chi connectivity index (χ3n) is 3.02. The van der Waals surface area contributed by atoms with Crippen molar-refractivity contribution >= 4 is 34.8 Å². The molecule has 0 spiro atoms. The summed E-state index contributed by atoms with van der Waals surface area (Å²) in [7, 11) is 0. The van der Waals surface area contributed by atoms with Crippen LogP contribution in [0.2, 0.25) is 10.0 Å². The van der Waals surface area contributed by atoms with Gasteiger partial charge >= 0.3 is 0 Å². The van der Waals surface area contributed by atoms with Gasteiger partial charge in [-0.1, -0.05) is 30.1 Å². The Morgan fingerprint density at radius 2 is 2.11 bits per heavy atom. The van der Waals surface area contributed by atoms with Crippen LogP contribution in [0.4, 0.5) is 5.69 Å². The molecule has 1 aliphatic rings. The van der Waals surface area contributed by atoms with Gasteiger partial charge in [0.05, 0.1) is 15.7 Å². The molecule has 2 rings (SSSR count). The molecule has 1 aromatic rings. The Hall–Kier alpha value is -0.930. The van der Waals surface area contributed by atoms with Crippen LogP contribution in [0.1, 0.15) is 36.5 Å². The fourth-order valence-corrected chi connectivity index (χ4v) is 2.31. The van der Waals surface area contributed by atoms with E-state index in [2.05, 4.69) is 6.92 Å². The SMILES string of the molecule is CCCN(C(=O)c1cc(N)c(Cl)c(Cl)c1)C1CC1. The van der Waals surface area contributed by atoms with Crippen LogP contribution in [-0.4, -0.2) is 23.4 Å².